The fourth-order valence-corrected chi connectivity index (χ4v) is 4.60. The number of benzene rings is 1. The number of nitrogens with zero attached hydrogens (tertiary/aromatic N) is 2. The summed E-state index contributed by atoms with van der Waals surface area (Å²) in [5.74, 6) is -0.902. The van der Waals surface area contributed by atoms with Crippen LogP contribution in [0, 0.1) is 0 Å². The van der Waals surface area contributed by atoms with Crippen LogP contribution in [-0.4, -0.2) is 40.0 Å². The fraction of sp³-hybridized carbons (Fsp3) is 0.333. The molecule has 2 aromatic heterocycles. The second-order valence-electron chi connectivity index (χ2n) is 8.79. The number of carbonyl (C=O) groups excluding carboxylic acids is 2. The maximum Gasteiger partial charge on any atom is 0.251 e. The van der Waals surface area contributed by atoms with E-state index < -0.39 is 23.1 Å². The summed E-state index contributed by atoms with van der Waals surface area (Å²) < 4.78 is 20.0. The minimum absolute atomic E-state index is 0.0645. The highest BCUT2D eigenvalue weighted by molar-refractivity contribution is 7.14. The minimum atomic E-state index is -1.67. The lowest BCUT2D eigenvalue weighted by Crippen LogP contribution is -2.34. The van der Waals surface area contributed by atoms with Gasteiger partial charge in [0.1, 0.15) is 5.60 Å². The molecule has 1 fully saturated rings. The molecule has 3 heterocycles. The molecule has 1 aromatic carbocycles. The van der Waals surface area contributed by atoms with Gasteiger partial charge in [0.15, 0.2) is 10.8 Å². The van der Waals surface area contributed by atoms with Gasteiger partial charge < -0.3 is 20.5 Å². The van der Waals surface area contributed by atoms with Crippen LogP contribution in [0.4, 0.5) is 9.52 Å². The van der Waals surface area contributed by atoms with Crippen molar-refractivity contribution in [3.63, 3.8) is 0 Å². The van der Waals surface area contributed by atoms with Crippen LogP contribution in [0.3, 0.4) is 0 Å². The molecule has 10 heteroatoms. The molecule has 0 unspecified atom stereocenters. The first-order valence-electron chi connectivity index (χ1n) is 10.9. The highest BCUT2D eigenvalue weighted by Crippen LogP contribution is 2.45. The molecule has 1 aliphatic carbocycles. The number of hydrogen-bond acceptors (Lipinski definition) is 7. The lowest BCUT2D eigenvalue weighted by atomic mass is 9.90. The van der Waals surface area contributed by atoms with Gasteiger partial charge in [0, 0.05) is 22.7 Å². The van der Waals surface area contributed by atoms with Crippen LogP contribution in [0.25, 0.3) is 11.3 Å². The molecule has 3 N–H and O–H groups in total. The van der Waals surface area contributed by atoms with Crippen molar-refractivity contribution in [2.45, 2.75) is 37.6 Å². The van der Waals surface area contributed by atoms with Gasteiger partial charge in [0.2, 0.25) is 5.91 Å². The average Bonchev–Trinajstić information content (AvgIpc) is 3.41. The zero-order chi connectivity index (χ0) is 23.9. The molecule has 2 amide bonds. The van der Waals surface area contributed by atoms with Crippen LogP contribution < -0.4 is 10.6 Å². The van der Waals surface area contributed by atoms with Gasteiger partial charge >= 0.3 is 0 Å². The molecule has 1 saturated carbocycles. The second kappa shape index (κ2) is 8.53. The molecule has 0 saturated heterocycles. The first-order chi connectivity index (χ1) is 16.2. The molecule has 176 valence electrons. The second-order valence-corrected chi connectivity index (χ2v) is 9.65. The van der Waals surface area contributed by atoms with Gasteiger partial charge in [-0.25, -0.2) is 9.37 Å². The molecule has 2 aliphatic rings. The van der Waals surface area contributed by atoms with Gasteiger partial charge in [-0.05, 0) is 55.2 Å². The standard InChI is InChI=1S/C24H23FN4O4S/c1-23(25)13-33-11-16-3-2-15(8-17(16)23)21(31)27-10-20(30)29-22-28-18(12-34-22)14-4-7-26-19(9-14)24(32)5-6-24/h2-4,7-9,12,32H,5-6,10-11,13H2,1H3,(H,27,31)(H,28,29,30)/t23-/m1/s1. The summed E-state index contributed by atoms with van der Waals surface area (Å²) in [5, 5.41) is 17.7. The van der Waals surface area contributed by atoms with E-state index in [4.69, 9.17) is 4.74 Å². The number of halogens is 1. The normalized spacial score (nSPS) is 20.3. The number of nitrogens with one attached hydrogen (secondary N) is 2. The van der Waals surface area contributed by atoms with Gasteiger partial charge in [-0.3, -0.25) is 14.6 Å². The number of anilines is 1. The number of rotatable bonds is 6. The SMILES string of the molecule is C[C@@]1(F)COCc2ccc(C(=O)NCC(=O)Nc3nc(-c4ccnc(C5(O)CC5)c4)cs3)cc21. The Labute approximate surface area is 199 Å². The van der Waals surface area contributed by atoms with Crippen molar-refractivity contribution in [2.24, 2.45) is 0 Å². The van der Waals surface area contributed by atoms with E-state index in [2.05, 4.69) is 20.6 Å². The topological polar surface area (TPSA) is 113 Å². The summed E-state index contributed by atoms with van der Waals surface area (Å²) in [5.41, 5.74) is 0.981. The number of ether oxygens (including phenoxy) is 1. The molecular weight excluding hydrogens is 459 g/mol. The number of carbonyl (C=O) groups is 2. The number of hydrogen-bond donors (Lipinski definition) is 3. The van der Waals surface area contributed by atoms with E-state index in [1.54, 1.807) is 35.8 Å². The number of alkyl halides is 1. The highest BCUT2D eigenvalue weighted by atomic mass is 32.1. The molecule has 0 bridgehead atoms. The van der Waals surface area contributed by atoms with E-state index in [0.717, 1.165) is 5.56 Å². The largest absolute Gasteiger partial charge is 0.384 e. The van der Waals surface area contributed by atoms with Crippen molar-refractivity contribution in [3.05, 3.63) is 64.3 Å². The fourth-order valence-electron chi connectivity index (χ4n) is 3.87. The van der Waals surface area contributed by atoms with Crippen molar-refractivity contribution < 1.29 is 23.8 Å². The number of fused-ring (bicyclic) bond motifs is 1. The zero-order valence-electron chi connectivity index (χ0n) is 18.4. The first-order valence-corrected chi connectivity index (χ1v) is 11.7. The van der Waals surface area contributed by atoms with Gasteiger partial charge in [-0.15, -0.1) is 11.3 Å². The number of amides is 2. The highest BCUT2D eigenvalue weighted by Gasteiger charge is 2.43. The van der Waals surface area contributed by atoms with Crippen molar-refractivity contribution in [2.75, 3.05) is 18.5 Å². The molecule has 1 aliphatic heterocycles. The molecule has 3 aromatic rings. The Balaban J connectivity index is 1.19. The maximum atomic E-state index is 14.7. The quantitative estimate of drug-likeness (QED) is 0.497. The average molecular weight is 483 g/mol. The van der Waals surface area contributed by atoms with Gasteiger partial charge in [-0.2, -0.15) is 0 Å². The third-order valence-corrected chi connectivity index (χ3v) is 6.74. The minimum Gasteiger partial charge on any atom is -0.384 e. The summed E-state index contributed by atoms with van der Waals surface area (Å²) in [6.45, 7) is 1.40. The Morgan fingerprint density at radius 1 is 1.26 bits per heavy atom. The maximum absolute atomic E-state index is 14.7. The van der Waals surface area contributed by atoms with E-state index in [0.29, 0.717) is 47.1 Å². The number of aliphatic hydroxyl groups is 1. The Hall–Kier alpha value is -3.21. The third kappa shape index (κ3) is 4.56. The Bertz CT molecular complexity index is 1270. The molecule has 0 radical (unpaired) electrons. The van der Waals surface area contributed by atoms with Gasteiger partial charge in [0.05, 0.1) is 31.1 Å². The Kier molecular flexibility index (Phi) is 5.67. The molecule has 8 nitrogen and oxygen atoms in total. The van der Waals surface area contributed by atoms with Gasteiger partial charge in [0.25, 0.3) is 5.91 Å². The van der Waals surface area contributed by atoms with Gasteiger partial charge in [-0.1, -0.05) is 6.07 Å². The number of aromatic nitrogens is 2. The summed E-state index contributed by atoms with van der Waals surface area (Å²) >= 11 is 1.26. The van der Waals surface area contributed by atoms with Crippen LogP contribution >= 0.6 is 11.3 Å². The molecule has 1 atom stereocenters. The van der Waals surface area contributed by atoms with E-state index in [-0.39, 0.29) is 18.7 Å². The van der Waals surface area contributed by atoms with Crippen LogP contribution in [-0.2, 0) is 27.4 Å². The summed E-state index contributed by atoms with van der Waals surface area (Å²) in [6.07, 6.45) is 3.02. The summed E-state index contributed by atoms with van der Waals surface area (Å²) in [7, 11) is 0. The van der Waals surface area contributed by atoms with Crippen molar-refractivity contribution in [1.29, 1.82) is 0 Å². The first kappa shape index (κ1) is 22.6. The van der Waals surface area contributed by atoms with Crippen LogP contribution in [0.1, 0.15) is 46.9 Å². The van der Waals surface area contributed by atoms with Crippen LogP contribution in [0.2, 0.25) is 0 Å². The van der Waals surface area contributed by atoms with E-state index in [9.17, 15) is 19.1 Å². The molecule has 34 heavy (non-hydrogen) atoms. The van der Waals surface area contributed by atoms with E-state index in [1.165, 1.54) is 24.3 Å². The van der Waals surface area contributed by atoms with Crippen molar-refractivity contribution >= 4 is 28.3 Å². The smallest absolute Gasteiger partial charge is 0.251 e. The lowest BCUT2D eigenvalue weighted by Gasteiger charge is -2.29. The molecular formula is C24H23FN4O4S. The molecule has 5 rings (SSSR count). The van der Waals surface area contributed by atoms with Crippen LogP contribution in [0.15, 0.2) is 41.9 Å². The number of thiazole rings is 1. The van der Waals surface area contributed by atoms with E-state index in [1.807, 2.05) is 0 Å². The predicted molar refractivity (Wildman–Crippen MR) is 124 cm³/mol. The lowest BCUT2D eigenvalue weighted by molar-refractivity contribution is -0.115. The van der Waals surface area contributed by atoms with Crippen molar-refractivity contribution in [1.82, 2.24) is 15.3 Å². The Morgan fingerprint density at radius 3 is 2.88 bits per heavy atom. The third-order valence-electron chi connectivity index (χ3n) is 5.98. The van der Waals surface area contributed by atoms with E-state index >= 15 is 0 Å². The summed E-state index contributed by atoms with van der Waals surface area (Å²) in [4.78, 5) is 33.5. The zero-order valence-corrected chi connectivity index (χ0v) is 19.2. The van der Waals surface area contributed by atoms with Crippen molar-refractivity contribution in [3.8, 4) is 11.3 Å². The van der Waals surface area contributed by atoms with Crippen LogP contribution in [0.5, 0.6) is 0 Å². The molecule has 0 spiro atoms. The monoisotopic (exact) mass is 482 g/mol. The number of pyridine rings is 1. The Morgan fingerprint density at radius 2 is 2.09 bits per heavy atom. The summed E-state index contributed by atoms with van der Waals surface area (Å²) in [6, 6.07) is 8.37. The predicted octanol–water partition coefficient (Wildman–Crippen LogP) is 3.27.